The lowest BCUT2D eigenvalue weighted by molar-refractivity contribution is -0.136. The normalized spacial score (nSPS) is 15.2. The molecule has 0 bridgehead atoms. The number of carbonyl (C=O) groups is 2. The number of pyridine rings is 1. The van der Waals surface area contributed by atoms with Gasteiger partial charge in [0.25, 0.3) is 20.1 Å². The average molecular weight is 660 g/mol. The Morgan fingerprint density at radius 1 is 1.14 bits per heavy atom. The van der Waals surface area contributed by atoms with Crippen molar-refractivity contribution in [2.24, 2.45) is 0 Å². The summed E-state index contributed by atoms with van der Waals surface area (Å²) in [6, 6.07) is 10.3. The second kappa shape index (κ2) is 11.8. The number of ether oxygens (including phenoxy) is 1. The van der Waals surface area contributed by atoms with Gasteiger partial charge in [-0.2, -0.15) is 17.5 Å². The highest BCUT2D eigenvalue weighted by Crippen LogP contribution is 2.41. The summed E-state index contributed by atoms with van der Waals surface area (Å²) >= 11 is 6.62. The minimum atomic E-state index is -4.69. The second-order valence-corrected chi connectivity index (χ2v) is 14.5. The third-order valence-corrected chi connectivity index (χ3v) is 12.4. The van der Waals surface area contributed by atoms with Crippen LogP contribution in [0.2, 0.25) is 5.02 Å². The maximum Gasteiger partial charge on any atom is 0.417 e. The Balaban J connectivity index is 1.32. The molecule has 0 radical (unpaired) electrons. The molecule has 1 aliphatic heterocycles. The van der Waals surface area contributed by atoms with E-state index in [-0.39, 0.29) is 63.8 Å². The van der Waals surface area contributed by atoms with Crippen molar-refractivity contribution in [1.82, 2.24) is 14.6 Å². The van der Waals surface area contributed by atoms with E-state index >= 15 is 0 Å². The highest BCUT2D eigenvalue weighted by Gasteiger charge is 2.38. The summed E-state index contributed by atoms with van der Waals surface area (Å²) in [7, 11) is -3.70. The van der Waals surface area contributed by atoms with E-state index in [9.17, 15) is 31.2 Å². The minimum absolute atomic E-state index is 0.00255. The van der Waals surface area contributed by atoms with Crippen LogP contribution < -0.4 is 10.2 Å². The Morgan fingerprint density at radius 3 is 2.48 bits per heavy atom. The number of piperazine rings is 1. The van der Waals surface area contributed by atoms with Crippen molar-refractivity contribution in [3.63, 3.8) is 0 Å². The topological polar surface area (TPSA) is 109 Å². The molecule has 1 N–H and O–H groups in total. The lowest BCUT2D eigenvalue weighted by atomic mass is 10.1. The fourth-order valence-electron chi connectivity index (χ4n) is 4.46. The van der Waals surface area contributed by atoms with Crippen molar-refractivity contribution in [3.8, 4) is 0 Å². The van der Waals surface area contributed by atoms with Crippen LogP contribution in [0.25, 0.3) is 10.2 Å². The van der Waals surface area contributed by atoms with E-state index < -0.39 is 38.2 Å². The summed E-state index contributed by atoms with van der Waals surface area (Å²) in [5.74, 6) is -1.10. The van der Waals surface area contributed by atoms with E-state index in [0.29, 0.717) is 10.6 Å². The molecule has 42 heavy (non-hydrogen) atoms. The van der Waals surface area contributed by atoms with Crippen LogP contribution in [0.3, 0.4) is 0 Å². The van der Waals surface area contributed by atoms with E-state index in [0.717, 1.165) is 24.5 Å². The molecule has 1 aromatic carbocycles. The number of aromatic nitrogens is 1. The number of esters is 1. The van der Waals surface area contributed by atoms with Crippen molar-refractivity contribution in [2.45, 2.75) is 16.3 Å². The van der Waals surface area contributed by atoms with Crippen molar-refractivity contribution >= 4 is 71.3 Å². The molecule has 1 atom stereocenters. The molecule has 16 heteroatoms. The number of benzene rings is 1. The number of thiophene rings is 2. The van der Waals surface area contributed by atoms with Crippen molar-refractivity contribution in [3.05, 3.63) is 74.9 Å². The van der Waals surface area contributed by atoms with Gasteiger partial charge in [0.05, 0.1) is 28.5 Å². The van der Waals surface area contributed by atoms with Gasteiger partial charge in [0.15, 0.2) is 0 Å². The molecule has 0 aliphatic carbocycles. The molecular formula is C26H23ClF3N4O5S3+. The standard InChI is InChI=1S/C26H22ClF3N4O5S3/c1-39-25(36)18-14-40-23-19(26(28,29)30)13-20(32-22(18)23)33-8-10-34(11-9-33)42(37,38)21-3-2-12-41(21)15-31-24(35)16-4-6-17(27)7-5-16/h2-7,12-14H,8-11,15H2,1H3/p+1. The van der Waals surface area contributed by atoms with E-state index in [4.69, 9.17) is 16.3 Å². The third kappa shape index (κ3) is 5.97. The molecule has 1 saturated heterocycles. The van der Waals surface area contributed by atoms with Gasteiger partial charge in [-0.3, -0.25) is 4.79 Å². The van der Waals surface area contributed by atoms with Gasteiger partial charge in [-0.1, -0.05) is 11.6 Å². The summed E-state index contributed by atoms with van der Waals surface area (Å²) in [5.41, 5.74) is -0.720. The molecule has 5 rings (SSSR count). The molecule has 1 fully saturated rings. The number of alkyl halides is 3. The Bertz CT molecular complexity index is 1750. The second-order valence-electron chi connectivity index (χ2n) is 9.14. The molecule has 1 amide bonds. The largest absolute Gasteiger partial charge is 0.465 e. The minimum Gasteiger partial charge on any atom is -0.465 e. The van der Waals surface area contributed by atoms with Crippen molar-refractivity contribution in [1.29, 1.82) is 0 Å². The SMILES string of the molecule is COC(=O)c1csc2c(C(F)(F)F)cc(N3CCN(S(=O)(=O)c4ccc[s+]4CNC(=O)c4ccc(Cl)cc4)CC3)nc12. The lowest BCUT2D eigenvalue weighted by Crippen LogP contribution is -2.49. The molecule has 222 valence electrons. The summed E-state index contributed by atoms with van der Waals surface area (Å²) in [6.45, 7) is 0.161. The van der Waals surface area contributed by atoms with Gasteiger partial charge >= 0.3 is 12.1 Å². The summed E-state index contributed by atoms with van der Waals surface area (Å²) in [5, 5.41) is 6.23. The van der Waals surface area contributed by atoms with E-state index in [1.54, 1.807) is 40.6 Å². The molecule has 0 saturated carbocycles. The fourth-order valence-corrected chi connectivity index (χ4v) is 9.67. The van der Waals surface area contributed by atoms with Crippen LogP contribution in [0.5, 0.6) is 0 Å². The van der Waals surface area contributed by atoms with Crippen LogP contribution >= 0.6 is 33.4 Å². The summed E-state index contributed by atoms with van der Waals surface area (Å²) < 4.78 is 74.8. The smallest absolute Gasteiger partial charge is 0.417 e. The number of fused-ring (bicyclic) bond motifs is 1. The number of nitrogens with zero attached hydrogens (tertiary/aromatic N) is 3. The van der Waals surface area contributed by atoms with E-state index in [1.165, 1.54) is 15.8 Å². The number of carbonyl (C=O) groups excluding carboxylic acids is 2. The first-order valence-electron chi connectivity index (χ1n) is 12.3. The van der Waals surface area contributed by atoms with Crippen LogP contribution in [0.15, 0.2) is 57.4 Å². The Labute approximate surface area is 250 Å². The Kier molecular flexibility index (Phi) is 8.49. The molecule has 4 aromatic rings. The number of hydrogen-bond donors (Lipinski definition) is 1. The molecule has 4 heterocycles. The maximum atomic E-state index is 13.9. The van der Waals surface area contributed by atoms with Gasteiger partial charge in [-0.05, 0) is 36.4 Å². The van der Waals surface area contributed by atoms with Crippen LogP contribution in [-0.2, 0) is 26.8 Å². The number of anilines is 1. The molecule has 1 unspecified atom stereocenters. The highest BCUT2D eigenvalue weighted by atomic mass is 35.5. The number of amides is 1. The Hall–Kier alpha value is -3.24. The maximum absolute atomic E-state index is 13.9. The predicted octanol–water partition coefficient (Wildman–Crippen LogP) is 5.40. The first-order chi connectivity index (χ1) is 19.9. The molecule has 9 nitrogen and oxygen atoms in total. The first-order valence-corrected chi connectivity index (χ1v) is 16.5. The van der Waals surface area contributed by atoms with Crippen LogP contribution in [0.4, 0.5) is 19.0 Å². The zero-order valence-electron chi connectivity index (χ0n) is 21.9. The zero-order valence-corrected chi connectivity index (χ0v) is 25.1. The number of nitrogens with one attached hydrogen (secondary N) is 1. The number of sulfonamides is 1. The van der Waals surface area contributed by atoms with Crippen LogP contribution in [0.1, 0.15) is 26.3 Å². The van der Waals surface area contributed by atoms with Crippen LogP contribution in [-0.4, -0.2) is 62.9 Å². The third-order valence-electron chi connectivity index (χ3n) is 6.60. The monoisotopic (exact) mass is 659 g/mol. The summed E-state index contributed by atoms with van der Waals surface area (Å²) in [6.07, 6.45) is -4.69. The van der Waals surface area contributed by atoms with Gasteiger partial charge in [-0.15, -0.1) is 11.3 Å². The Morgan fingerprint density at radius 2 is 1.83 bits per heavy atom. The highest BCUT2D eigenvalue weighted by molar-refractivity contribution is 7.91. The number of halogens is 4. The average Bonchev–Trinajstić information content (AvgIpc) is 3.62. The number of methoxy groups -OCH3 is 1. The van der Waals surface area contributed by atoms with Gasteiger partial charge in [0, 0.05) is 58.7 Å². The van der Waals surface area contributed by atoms with Gasteiger partial charge in [-0.25, -0.2) is 18.2 Å². The van der Waals surface area contributed by atoms with Crippen molar-refractivity contribution in [2.75, 3.05) is 38.2 Å². The zero-order chi connectivity index (χ0) is 30.2. The molecule has 1 aliphatic rings. The predicted molar refractivity (Wildman–Crippen MR) is 155 cm³/mol. The summed E-state index contributed by atoms with van der Waals surface area (Å²) in [4.78, 5) is 30.6. The van der Waals surface area contributed by atoms with Crippen molar-refractivity contribution < 1.29 is 35.9 Å². The van der Waals surface area contributed by atoms with Crippen LogP contribution in [0, 0.1) is 0 Å². The molecular weight excluding hydrogens is 637 g/mol. The van der Waals surface area contributed by atoms with Gasteiger partial charge in [0.1, 0.15) is 11.2 Å². The van der Waals surface area contributed by atoms with E-state index in [2.05, 4.69) is 10.3 Å². The molecule has 3 aromatic heterocycles. The van der Waals surface area contributed by atoms with E-state index in [1.807, 2.05) is 0 Å². The number of rotatable bonds is 7. The quantitative estimate of drug-likeness (QED) is 0.209. The van der Waals surface area contributed by atoms with Gasteiger partial charge < -0.3 is 15.0 Å². The lowest BCUT2D eigenvalue weighted by Gasteiger charge is -2.34. The number of hydrogen-bond acceptors (Lipinski definition) is 8. The fraction of sp³-hybridized carbons (Fsp3) is 0.269. The first kappa shape index (κ1) is 30.2. The molecule has 0 spiro atoms. The van der Waals surface area contributed by atoms with Gasteiger partial charge in [0.2, 0.25) is 5.88 Å².